The SMILES string of the molecule is CCc1ccc(OC)c(SNc2noc3cc(Cn4cc(CNC(=O)OC(C)(C)C)cn4)c4c(c23)OCCC4)c1. The number of rotatable bonds is 9. The first-order chi connectivity index (χ1) is 19.2. The number of ether oxygens (including phenoxy) is 3. The first kappa shape index (κ1) is 27.7. The third-order valence-corrected chi connectivity index (χ3v) is 7.31. The number of methoxy groups -OCH3 is 1. The normalized spacial score (nSPS) is 13.0. The highest BCUT2D eigenvalue weighted by Gasteiger charge is 2.25. The van der Waals surface area contributed by atoms with Crippen molar-refractivity contribution in [2.75, 3.05) is 18.4 Å². The number of anilines is 1. The van der Waals surface area contributed by atoms with E-state index in [1.807, 2.05) is 43.8 Å². The Labute approximate surface area is 237 Å². The minimum absolute atomic E-state index is 0.329. The maximum Gasteiger partial charge on any atom is 0.407 e. The number of aromatic nitrogens is 3. The topological polar surface area (TPSA) is 113 Å². The van der Waals surface area contributed by atoms with E-state index in [1.165, 1.54) is 17.5 Å². The van der Waals surface area contributed by atoms with Crippen molar-refractivity contribution in [2.45, 2.75) is 70.5 Å². The molecule has 2 aromatic heterocycles. The number of nitrogens with one attached hydrogen (secondary N) is 2. The predicted octanol–water partition coefficient (Wildman–Crippen LogP) is 6.11. The molecule has 0 spiro atoms. The van der Waals surface area contributed by atoms with Crippen LogP contribution in [0.3, 0.4) is 0 Å². The molecule has 4 aromatic rings. The van der Waals surface area contributed by atoms with Crippen LogP contribution in [-0.4, -0.2) is 40.3 Å². The van der Waals surface area contributed by atoms with Gasteiger partial charge in [0, 0.05) is 23.9 Å². The zero-order valence-corrected chi connectivity index (χ0v) is 24.3. The Kier molecular flexibility index (Phi) is 8.11. The van der Waals surface area contributed by atoms with Crippen molar-refractivity contribution in [1.29, 1.82) is 0 Å². The molecule has 0 saturated carbocycles. The van der Waals surface area contributed by atoms with Gasteiger partial charge in [0.05, 0.1) is 31.4 Å². The first-order valence-corrected chi connectivity index (χ1v) is 14.2. The summed E-state index contributed by atoms with van der Waals surface area (Å²) < 4.78 is 28.0. The lowest BCUT2D eigenvalue weighted by Crippen LogP contribution is -2.32. The van der Waals surface area contributed by atoms with Crippen molar-refractivity contribution in [3.8, 4) is 11.5 Å². The fourth-order valence-electron chi connectivity index (χ4n) is 4.60. The molecule has 5 rings (SSSR count). The maximum absolute atomic E-state index is 12.0. The Morgan fingerprint density at radius 2 is 2.08 bits per heavy atom. The molecule has 0 atom stereocenters. The number of carbonyl (C=O) groups is 1. The zero-order valence-electron chi connectivity index (χ0n) is 23.5. The van der Waals surface area contributed by atoms with Gasteiger partial charge in [0.1, 0.15) is 22.5 Å². The lowest BCUT2D eigenvalue weighted by molar-refractivity contribution is 0.0523. The van der Waals surface area contributed by atoms with Crippen molar-refractivity contribution in [2.24, 2.45) is 0 Å². The van der Waals surface area contributed by atoms with Crippen LogP contribution in [0.5, 0.6) is 11.5 Å². The Bertz CT molecular complexity index is 1510. The van der Waals surface area contributed by atoms with Gasteiger partial charge in [-0.25, -0.2) is 4.79 Å². The monoisotopic (exact) mass is 565 g/mol. The first-order valence-electron chi connectivity index (χ1n) is 13.4. The van der Waals surface area contributed by atoms with Gasteiger partial charge < -0.3 is 28.8 Å². The lowest BCUT2D eigenvalue weighted by Gasteiger charge is -2.21. The number of hydrogen-bond donors (Lipinski definition) is 2. The molecule has 212 valence electrons. The van der Waals surface area contributed by atoms with Crippen molar-refractivity contribution in [1.82, 2.24) is 20.3 Å². The molecule has 1 amide bonds. The van der Waals surface area contributed by atoms with Crippen molar-refractivity contribution < 1.29 is 23.5 Å². The van der Waals surface area contributed by atoms with Gasteiger partial charge in [0.2, 0.25) is 0 Å². The third-order valence-electron chi connectivity index (χ3n) is 6.48. The van der Waals surface area contributed by atoms with Crippen molar-refractivity contribution in [3.63, 3.8) is 0 Å². The van der Waals surface area contributed by atoms with Gasteiger partial charge in [0.15, 0.2) is 11.4 Å². The summed E-state index contributed by atoms with van der Waals surface area (Å²) in [6.07, 6.45) is 5.96. The van der Waals surface area contributed by atoms with Gasteiger partial charge >= 0.3 is 6.09 Å². The molecule has 3 heterocycles. The van der Waals surface area contributed by atoms with Gasteiger partial charge in [-0.3, -0.25) is 4.68 Å². The van der Waals surface area contributed by atoms with E-state index in [0.29, 0.717) is 31.1 Å². The second kappa shape index (κ2) is 11.7. The second-order valence-electron chi connectivity index (χ2n) is 10.6. The average molecular weight is 566 g/mol. The Balaban J connectivity index is 1.35. The summed E-state index contributed by atoms with van der Waals surface area (Å²) in [4.78, 5) is 13.0. The van der Waals surface area contributed by atoms with Gasteiger partial charge in [0.25, 0.3) is 0 Å². The second-order valence-corrected chi connectivity index (χ2v) is 11.5. The van der Waals surface area contributed by atoms with Crippen LogP contribution in [0.15, 0.2) is 46.1 Å². The van der Waals surface area contributed by atoms with E-state index < -0.39 is 11.7 Å². The van der Waals surface area contributed by atoms with Gasteiger partial charge in [-0.2, -0.15) is 5.10 Å². The molecule has 0 bridgehead atoms. The number of alkyl carbamates (subject to hydrolysis) is 1. The zero-order chi connectivity index (χ0) is 28.3. The molecular formula is C29H35N5O5S. The van der Waals surface area contributed by atoms with E-state index in [0.717, 1.165) is 57.7 Å². The Morgan fingerprint density at radius 1 is 1.23 bits per heavy atom. The molecule has 0 saturated heterocycles. The minimum atomic E-state index is -0.546. The molecule has 2 aromatic carbocycles. The molecule has 10 nitrogen and oxygen atoms in total. The van der Waals surface area contributed by atoms with Crippen molar-refractivity contribution in [3.05, 3.63) is 58.9 Å². The predicted molar refractivity (Wildman–Crippen MR) is 154 cm³/mol. The van der Waals surface area contributed by atoms with E-state index in [9.17, 15) is 4.79 Å². The molecule has 0 radical (unpaired) electrons. The van der Waals surface area contributed by atoms with E-state index in [1.54, 1.807) is 13.3 Å². The van der Waals surface area contributed by atoms with Crippen LogP contribution in [0.2, 0.25) is 0 Å². The smallest absolute Gasteiger partial charge is 0.407 e. The number of benzene rings is 2. The van der Waals surface area contributed by atoms with Crippen LogP contribution >= 0.6 is 11.9 Å². The molecule has 1 aliphatic rings. The number of carbonyl (C=O) groups excluding carboxylic acids is 1. The summed E-state index contributed by atoms with van der Waals surface area (Å²) in [6.45, 7) is 9.13. The average Bonchev–Trinajstić information content (AvgIpc) is 3.56. The molecule has 0 unspecified atom stereocenters. The number of aryl methyl sites for hydroxylation is 1. The summed E-state index contributed by atoms with van der Waals surface area (Å²) in [6, 6.07) is 8.18. The maximum atomic E-state index is 12.0. The number of amides is 1. The van der Waals surface area contributed by atoms with Crippen LogP contribution in [0.25, 0.3) is 11.0 Å². The number of hydrogen-bond acceptors (Lipinski definition) is 9. The Hall–Kier alpha value is -3.86. The highest BCUT2D eigenvalue weighted by atomic mass is 32.2. The fourth-order valence-corrected chi connectivity index (χ4v) is 5.41. The highest BCUT2D eigenvalue weighted by molar-refractivity contribution is 8.00. The molecule has 11 heteroatoms. The minimum Gasteiger partial charge on any atom is -0.496 e. The van der Waals surface area contributed by atoms with E-state index >= 15 is 0 Å². The van der Waals surface area contributed by atoms with Gasteiger partial charge in [-0.15, -0.1) is 0 Å². The number of fused-ring (bicyclic) bond motifs is 3. The molecule has 0 aliphatic carbocycles. The molecule has 2 N–H and O–H groups in total. The van der Waals surface area contributed by atoms with Gasteiger partial charge in [-0.05, 0) is 81.3 Å². The van der Waals surface area contributed by atoms with Crippen LogP contribution in [0.1, 0.15) is 56.4 Å². The summed E-state index contributed by atoms with van der Waals surface area (Å²) in [5.41, 5.74) is 4.39. The van der Waals surface area contributed by atoms with Crippen LogP contribution in [-0.2, 0) is 30.7 Å². The Morgan fingerprint density at radius 3 is 2.85 bits per heavy atom. The third kappa shape index (κ3) is 6.30. The highest BCUT2D eigenvalue weighted by Crippen LogP contribution is 2.42. The summed E-state index contributed by atoms with van der Waals surface area (Å²) in [7, 11) is 1.67. The van der Waals surface area contributed by atoms with Crippen LogP contribution in [0, 0.1) is 0 Å². The van der Waals surface area contributed by atoms with E-state index in [2.05, 4.69) is 39.4 Å². The van der Waals surface area contributed by atoms with Crippen LogP contribution < -0.4 is 19.5 Å². The molecule has 0 fully saturated rings. The molecular weight excluding hydrogens is 530 g/mol. The van der Waals surface area contributed by atoms with E-state index in [4.69, 9.17) is 18.7 Å². The quantitative estimate of drug-likeness (QED) is 0.232. The fraction of sp³-hybridized carbons (Fsp3) is 0.414. The van der Waals surface area contributed by atoms with Crippen LogP contribution in [0.4, 0.5) is 10.6 Å². The number of nitrogens with zero attached hydrogens (tertiary/aromatic N) is 3. The van der Waals surface area contributed by atoms with E-state index in [-0.39, 0.29) is 0 Å². The summed E-state index contributed by atoms with van der Waals surface area (Å²) >= 11 is 1.44. The van der Waals surface area contributed by atoms with Crippen molar-refractivity contribution >= 4 is 34.8 Å². The summed E-state index contributed by atoms with van der Waals surface area (Å²) in [5.74, 6) is 2.21. The molecule has 40 heavy (non-hydrogen) atoms. The summed E-state index contributed by atoms with van der Waals surface area (Å²) in [5, 5.41) is 12.4. The lowest BCUT2D eigenvalue weighted by atomic mass is 9.97. The largest absolute Gasteiger partial charge is 0.496 e. The standard InChI is InChI=1S/C29H35N5O5S/c1-6-18-9-10-22(36-5)24(12-18)40-33-27-25-23(39-32-27)13-20(21-8-7-11-37-26(21)25)17-34-16-19(15-31-34)14-30-28(35)38-29(2,3)4/h9-10,12-13,15-16H,6-8,11,14,17H2,1-5H3,(H,30,35)(H,32,33). The molecule has 1 aliphatic heterocycles. The van der Waals surface area contributed by atoms with Gasteiger partial charge in [-0.1, -0.05) is 18.1 Å².